The zero-order valence-electron chi connectivity index (χ0n) is 10.2. The van der Waals surface area contributed by atoms with Gasteiger partial charge in [0.05, 0.1) is 5.54 Å². The molecule has 1 aliphatic carbocycles. The van der Waals surface area contributed by atoms with Crippen LogP contribution in [0.5, 0.6) is 0 Å². The lowest BCUT2D eigenvalue weighted by Gasteiger charge is -2.18. The first-order valence-corrected chi connectivity index (χ1v) is 6.56. The molecule has 0 heterocycles. The first kappa shape index (κ1) is 13.2. The van der Waals surface area contributed by atoms with Gasteiger partial charge >= 0.3 is 6.03 Å². The maximum Gasteiger partial charge on any atom is 0.315 e. The number of benzene rings is 1. The molecule has 0 bridgehead atoms. The van der Waals surface area contributed by atoms with Crippen molar-refractivity contribution < 1.29 is 4.79 Å². The highest BCUT2D eigenvalue weighted by atomic mass is 35.5. The van der Waals surface area contributed by atoms with E-state index < -0.39 is 0 Å². The number of nitrogens with one attached hydrogen (secondary N) is 2. The average molecular weight is 268 g/mol. The minimum atomic E-state index is -0.197. The second kappa shape index (κ2) is 5.59. The Hall–Kier alpha value is -1.26. The fraction of sp³-hybridized carbons (Fsp3) is 0.462. The van der Waals surface area contributed by atoms with E-state index in [-0.39, 0.29) is 11.6 Å². The monoisotopic (exact) mass is 267 g/mol. The van der Waals surface area contributed by atoms with Crippen molar-refractivity contribution in [2.75, 3.05) is 13.1 Å². The summed E-state index contributed by atoms with van der Waals surface area (Å²) in [4.78, 5) is 11.7. The van der Waals surface area contributed by atoms with Crippen LogP contribution in [0.1, 0.15) is 24.8 Å². The number of amides is 2. The number of carbonyl (C=O) groups is 1. The third-order valence-corrected chi connectivity index (χ3v) is 3.42. The second-order valence-electron chi connectivity index (χ2n) is 4.61. The minimum absolute atomic E-state index is 0.129. The van der Waals surface area contributed by atoms with Crippen molar-refractivity contribution >= 4 is 17.6 Å². The van der Waals surface area contributed by atoms with Crippen molar-refractivity contribution in [2.24, 2.45) is 5.73 Å². The molecule has 18 heavy (non-hydrogen) atoms. The van der Waals surface area contributed by atoms with Crippen LogP contribution < -0.4 is 16.4 Å². The van der Waals surface area contributed by atoms with Crippen molar-refractivity contribution in [3.63, 3.8) is 0 Å². The summed E-state index contributed by atoms with van der Waals surface area (Å²) in [5.41, 5.74) is 6.29. The normalized spacial score (nSPS) is 16.1. The fourth-order valence-electron chi connectivity index (χ4n) is 1.95. The van der Waals surface area contributed by atoms with Crippen LogP contribution in [-0.2, 0) is 5.54 Å². The molecule has 0 aromatic heterocycles. The maximum atomic E-state index is 11.7. The van der Waals surface area contributed by atoms with Gasteiger partial charge in [-0.15, -0.1) is 0 Å². The minimum Gasteiger partial charge on any atom is -0.338 e. The Morgan fingerprint density at radius 1 is 1.33 bits per heavy atom. The quantitative estimate of drug-likeness (QED) is 0.714. The van der Waals surface area contributed by atoms with E-state index in [4.69, 9.17) is 17.3 Å². The van der Waals surface area contributed by atoms with Crippen LogP contribution >= 0.6 is 11.6 Å². The molecule has 1 aromatic rings. The molecule has 98 valence electrons. The fourth-order valence-corrected chi connectivity index (χ4v) is 2.07. The van der Waals surface area contributed by atoms with E-state index in [1.807, 2.05) is 24.3 Å². The lowest BCUT2D eigenvalue weighted by atomic mass is 10.1. The van der Waals surface area contributed by atoms with E-state index >= 15 is 0 Å². The van der Waals surface area contributed by atoms with Gasteiger partial charge in [-0.2, -0.15) is 0 Å². The molecule has 0 spiro atoms. The lowest BCUT2D eigenvalue weighted by molar-refractivity contribution is 0.235. The molecule has 2 amide bonds. The van der Waals surface area contributed by atoms with Gasteiger partial charge in [-0.3, -0.25) is 0 Å². The molecule has 0 atom stereocenters. The van der Waals surface area contributed by atoms with Crippen LogP contribution in [0.4, 0.5) is 4.79 Å². The molecular weight excluding hydrogens is 250 g/mol. The summed E-state index contributed by atoms with van der Waals surface area (Å²) in [6.07, 6.45) is 2.74. The Bertz CT molecular complexity index is 415. The Kier molecular flexibility index (Phi) is 4.09. The van der Waals surface area contributed by atoms with Crippen molar-refractivity contribution in [3.05, 3.63) is 34.9 Å². The largest absolute Gasteiger partial charge is 0.338 e. The van der Waals surface area contributed by atoms with Gasteiger partial charge in [-0.25, -0.2) is 4.79 Å². The van der Waals surface area contributed by atoms with E-state index in [9.17, 15) is 4.79 Å². The highest BCUT2D eigenvalue weighted by molar-refractivity contribution is 6.30. The SMILES string of the molecule is NCCCNC(=O)NC1(c2ccc(Cl)cc2)CC1. The summed E-state index contributed by atoms with van der Waals surface area (Å²) in [7, 11) is 0. The highest BCUT2D eigenvalue weighted by Gasteiger charge is 2.45. The van der Waals surface area contributed by atoms with Gasteiger partial charge in [0.15, 0.2) is 0 Å². The first-order chi connectivity index (χ1) is 8.66. The van der Waals surface area contributed by atoms with E-state index in [0.29, 0.717) is 18.1 Å². The maximum absolute atomic E-state index is 11.7. The van der Waals surface area contributed by atoms with Crippen LogP contribution in [0, 0.1) is 0 Å². The lowest BCUT2D eigenvalue weighted by Crippen LogP contribution is -2.42. The van der Waals surface area contributed by atoms with Gasteiger partial charge in [0, 0.05) is 11.6 Å². The molecule has 2 rings (SSSR count). The molecule has 4 nitrogen and oxygen atoms in total. The molecule has 0 aliphatic heterocycles. The summed E-state index contributed by atoms with van der Waals surface area (Å²) in [5, 5.41) is 6.54. The van der Waals surface area contributed by atoms with Gasteiger partial charge in [0.25, 0.3) is 0 Å². The summed E-state index contributed by atoms with van der Waals surface area (Å²) >= 11 is 5.86. The number of hydrogen-bond donors (Lipinski definition) is 3. The van der Waals surface area contributed by atoms with Crippen molar-refractivity contribution in [1.29, 1.82) is 0 Å². The summed E-state index contributed by atoms with van der Waals surface area (Å²) < 4.78 is 0. The molecule has 1 aliphatic rings. The molecule has 5 heteroatoms. The predicted molar refractivity (Wildman–Crippen MR) is 72.6 cm³/mol. The van der Waals surface area contributed by atoms with Crippen molar-refractivity contribution in [1.82, 2.24) is 10.6 Å². The van der Waals surface area contributed by atoms with Gasteiger partial charge in [-0.1, -0.05) is 23.7 Å². The van der Waals surface area contributed by atoms with E-state index in [1.165, 1.54) is 0 Å². The number of nitrogens with two attached hydrogens (primary N) is 1. The Balaban J connectivity index is 1.92. The van der Waals surface area contributed by atoms with E-state index in [0.717, 1.165) is 24.8 Å². The standard InChI is InChI=1S/C13H18ClN3O/c14-11-4-2-10(3-5-11)13(6-7-13)17-12(18)16-9-1-8-15/h2-5H,1,6-9,15H2,(H2,16,17,18). The van der Waals surface area contributed by atoms with E-state index in [2.05, 4.69) is 10.6 Å². The molecule has 1 aromatic carbocycles. The molecule has 1 fully saturated rings. The third-order valence-electron chi connectivity index (χ3n) is 3.17. The Labute approximate surface area is 112 Å². The predicted octanol–water partition coefficient (Wildman–Crippen LogP) is 1.98. The Morgan fingerprint density at radius 3 is 2.56 bits per heavy atom. The number of hydrogen-bond acceptors (Lipinski definition) is 2. The first-order valence-electron chi connectivity index (χ1n) is 6.18. The smallest absolute Gasteiger partial charge is 0.315 e. The van der Waals surface area contributed by atoms with Gasteiger partial charge in [-0.05, 0) is 43.5 Å². The Morgan fingerprint density at radius 2 is 2.00 bits per heavy atom. The average Bonchev–Trinajstić information content (AvgIpc) is 3.11. The summed E-state index contributed by atoms with van der Waals surface area (Å²) in [6.45, 7) is 1.20. The number of carbonyl (C=O) groups excluding carboxylic acids is 1. The summed E-state index contributed by atoms with van der Waals surface area (Å²) in [5.74, 6) is 0. The molecule has 0 unspecified atom stereocenters. The zero-order chi connectivity index (χ0) is 13.0. The molecule has 0 radical (unpaired) electrons. The topological polar surface area (TPSA) is 67.1 Å². The molecule has 0 saturated heterocycles. The van der Waals surface area contributed by atoms with Gasteiger partial charge in [0.2, 0.25) is 0 Å². The summed E-state index contributed by atoms with van der Waals surface area (Å²) in [6, 6.07) is 7.51. The third kappa shape index (κ3) is 3.15. The van der Waals surface area contributed by atoms with Crippen LogP contribution in [-0.4, -0.2) is 19.1 Å². The van der Waals surface area contributed by atoms with Gasteiger partial charge in [0.1, 0.15) is 0 Å². The van der Waals surface area contributed by atoms with Crippen LogP contribution in [0.25, 0.3) is 0 Å². The van der Waals surface area contributed by atoms with Gasteiger partial charge < -0.3 is 16.4 Å². The number of halogens is 1. The van der Waals surface area contributed by atoms with E-state index in [1.54, 1.807) is 0 Å². The van der Waals surface area contributed by atoms with Crippen LogP contribution in [0.3, 0.4) is 0 Å². The number of rotatable bonds is 5. The van der Waals surface area contributed by atoms with Crippen LogP contribution in [0.2, 0.25) is 5.02 Å². The zero-order valence-corrected chi connectivity index (χ0v) is 11.0. The number of urea groups is 1. The molecule has 4 N–H and O–H groups in total. The van der Waals surface area contributed by atoms with Crippen LogP contribution in [0.15, 0.2) is 24.3 Å². The second-order valence-corrected chi connectivity index (χ2v) is 5.05. The molecule has 1 saturated carbocycles. The van der Waals surface area contributed by atoms with Crippen molar-refractivity contribution in [3.8, 4) is 0 Å². The van der Waals surface area contributed by atoms with Crippen molar-refractivity contribution in [2.45, 2.75) is 24.8 Å². The molecular formula is C13H18ClN3O. The highest BCUT2D eigenvalue weighted by Crippen LogP contribution is 2.45.